The summed E-state index contributed by atoms with van der Waals surface area (Å²) < 4.78 is 49.5. The quantitative estimate of drug-likeness (QED) is 0.498. The van der Waals surface area contributed by atoms with Gasteiger partial charge in [0.2, 0.25) is 0 Å². The molecule has 1 aliphatic rings. The predicted octanol–water partition coefficient (Wildman–Crippen LogP) is 3.82. The van der Waals surface area contributed by atoms with E-state index in [-0.39, 0.29) is 18.5 Å². The number of benzene rings is 1. The molecule has 2 aromatic heterocycles. The molecule has 1 fully saturated rings. The third-order valence-corrected chi connectivity index (χ3v) is 6.19. The van der Waals surface area contributed by atoms with Crippen molar-refractivity contribution < 1.29 is 32.9 Å². The Morgan fingerprint density at radius 2 is 1.92 bits per heavy atom. The van der Waals surface area contributed by atoms with Crippen molar-refractivity contribution in [3.63, 3.8) is 0 Å². The summed E-state index contributed by atoms with van der Waals surface area (Å²) in [7, 11) is 0. The van der Waals surface area contributed by atoms with Crippen LogP contribution in [0.25, 0.3) is 11.3 Å². The molecule has 0 unspecified atom stereocenters. The van der Waals surface area contributed by atoms with Crippen LogP contribution in [0.4, 0.5) is 13.2 Å². The monoisotopic (exact) mass is 497 g/mol. The second kappa shape index (κ2) is 10.5. The van der Waals surface area contributed by atoms with Crippen molar-refractivity contribution in [1.29, 1.82) is 5.26 Å². The number of aliphatic hydroxyl groups excluding tert-OH is 2. The second-order valence-corrected chi connectivity index (χ2v) is 8.46. The Balaban J connectivity index is 1.65. The number of Topliss-reactive ketones (excluding diaryl/α,β-unsaturated/α-hetero) is 1. The van der Waals surface area contributed by atoms with E-state index >= 15 is 0 Å². The van der Waals surface area contributed by atoms with Crippen molar-refractivity contribution in [2.24, 2.45) is 0 Å². The first-order chi connectivity index (χ1) is 17.2. The molecule has 10 heteroatoms. The van der Waals surface area contributed by atoms with Gasteiger partial charge in [-0.05, 0) is 47.9 Å². The lowest BCUT2D eigenvalue weighted by Gasteiger charge is -2.37. The molecule has 3 aromatic rings. The fourth-order valence-corrected chi connectivity index (χ4v) is 4.28. The van der Waals surface area contributed by atoms with Gasteiger partial charge in [-0.15, -0.1) is 0 Å². The number of rotatable bonds is 6. The Bertz CT molecular complexity index is 1340. The zero-order valence-corrected chi connectivity index (χ0v) is 19.2. The van der Waals surface area contributed by atoms with E-state index < -0.39 is 64.5 Å². The van der Waals surface area contributed by atoms with Crippen LogP contribution in [0.15, 0.2) is 42.7 Å². The highest BCUT2D eigenvalue weighted by Gasteiger charge is 2.37. The van der Waals surface area contributed by atoms with Gasteiger partial charge in [0.25, 0.3) is 0 Å². The molecule has 0 radical (unpaired) electrons. The molecule has 0 spiro atoms. The maximum absolute atomic E-state index is 14.6. The van der Waals surface area contributed by atoms with E-state index in [9.17, 15) is 28.2 Å². The fraction of sp³-hybridized carbons (Fsp3) is 0.308. The normalized spacial score (nSPS) is 21.7. The lowest BCUT2D eigenvalue weighted by molar-refractivity contribution is -0.171. The van der Waals surface area contributed by atoms with E-state index in [4.69, 9.17) is 10.00 Å². The Morgan fingerprint density at radius 1 is 1.17 bits per heavy atom. The van der Waals surface area contributed by atoms with Crippen LogP contribution in [0, 0.1) is 28.8 Å². The first-order valence-corrected chi connectivity index (χ1v) is 11.3. The Hall–Kier alpha value is -3.65. The molecule has 0 aliphatic carbocycles. The molecule has 4 rings (SSSR count). The minimum atomic E-state index is -1.27. The van der Waals surface area contributed by atoms with Gasteiger partial charge < -0.3 is 14.9 Å². The van der Waals surface area contributed by atoms with Crippen molar-refractivity contribution in [2.75, 3.05) is 0 Å². The van der Waals surface area contributed by atoms with E-state index in [0.717, 1.165) is 24.3 Å². The average Bonchev–Trinajstić information content (AvgIpc) is 2.87. The largest absolute Gasteiger partial charge is 0.390 e. The Labute approximate surface area is 204 Å². The number of ether oxygens (including phenoxy) is 1. The van der Waals surface area contributed by atoms with Crippen LogP contribution in [0.1, 0.15) is 53.0 Å². The number of carbonyl (C=O) groups excluding carboxylic acids is 1. The van der Waals surface area contributed by atoms with E-state index in [1.54, 1.807) is 12.1 Å². The third kappa shape index (κ3) is 4.86. The minimum Gasteiger partial charge on any atom is -0.390 e. The Kier molecular flexibility index (Phi) is 7.45. The lowest BCUT2D eigenvalue weighted by atomic mass is 9.90. The predicted molar refractivity (Wildman–Crippen MR) is 121 cm³/mol. The van der Waals surface area contributed by atoms with Gasteiger partial charge in [0.05, 0.1) is 29.4 Å². The molecule has 2 N–H and O–H groups in total. The van der Waals surface area contributed by atoms with Crippen LogP contribution in [-0.2, 0) is 11.2 Å². The molecule has 0 saturated carbocycles. The first kappa shape index (κ1) is 25.4. The molecule has 0 amide bonds. The standard InChI is InChI=1S/C26H22F3N3O4/c1-2-21-26(35)20(34)10-22(36-21)15-7-8-31-12-14(15)9-19(33)18-6-5-17(28)25(32-18)23-16(27)4-3-13(11-30)24(23)29/h3-8,12,20-22,26,34-35H,2,9-10H2,1H3/t20-,21-,22-,26+/m1/s1. The van der Waals surface area contributed by atoms with Gasteiger partial charge in [0.15, 0.2) is 11.6 Å². The topological polar surface area (TPSA) is 116 Å². The van der Waals surface area contributed by atoms with Gasteiger partial charge >= 0.3 is 0 Å². The smallest absolute Gasteiger partial charge is 0.185 e. The highest BCUT2D eigenvalue weighted by Crippen LogP contribution is 2.35. The minimum absolute atomic E-state index is 0.107. The first-order valence-electron chi connectivity index (χ1n) is 11.3. The van der Waals surface area contributed by atoms with Crippen LogP contribution in [-0.4, -0.2) is 44.3 Å². The molecule has 1 saturated heterocycles. The summed E-state index contributed by atoms with van der Waals surface area (Å²) in [4.78, 5) is 21.0. The van der Waals surface area contributed by atoms with Crippen LogP contribution in [0.5, 0.6) is 0 Å². The van der Waals surface area contributed by atoms with Crippen molar-refractivity contribution in [3.05, 3.63) is 82.6 Å². The summed E-state index contributed by atoms with van der Waals surface area (Å²) in [6, 6.07) is 6.94. The number of aromatic nitrogens is 2. The van der Waals surface area contributed by atoms with E-state index in [1.165, 1.54) is 12.4 Å². The molecule has 0 bridgehead atoms. The zero-order valence-electron chi connectivity index (χ0n) is 19.2. The zero-order chi connectivity index (χ0) is 26.0. The number of nitrogens with zero attached hydrogens (tertiary/aromatic N) is 3. The van der Waals surface area contributed by atoms with Gasteiger partial charge in [-0.25, -0.2) is 18.2 Å². The molecular weight excluding hydrogens is 475 g/mol. The summed E-state index contributed by atoms with van der Waals surface area (Å²) in [5.41, 5.74) is -1.25. The van der Waals surface area contributed by atoms with Crippen molar-refractivity contribution in [3.8, 4) is 17.3 Å². The van der Waals surface area contributed by atoms with E-state index in [2.05, 4.69) is 9.97 Å². The highest BCUT2D eigenvalue weighted by molar-refractivity contribution is 5.96. The number of pyridine rings is 2. The molecule has 1 aliphatic heterocycles. The molecular formula is C26H22F3N3O4. The number of aliphatic hydroxyl groups is 2. The summed E-state index contributed by atoms with van der Waals surface area (Å²) in [6.45, 7) is 1.82. The molecule has 7 nitrogen and oxygen atoms in total. The van der Waals surface area contributed by atoms with Crippen LogP contribution < -0.4 is 0 Å². The number of hydrogen-bond donors (Lipinski definition) is 2. The fourth-order valence-electron chi connectivity index (χ4n) is 4.28. The van der Waals surface area contributed by atoms with E-state index in [0.29, 0.717) is 17.5 Å². The molecule has 36 heavy (non-hydrogen) atoms. The molecule has 1 aromatic carbocycles. The third-order valence-electron chi connectivity index (χ3n) is 6.19. The van der Waals surface area contributed by atoms with Gasteiger partial charge in [-0.1, -0.05) is 6.92 Å². The molecule has 186 valence electrons. The van der Waals surface area contributed by atoms with Crippen LogP contribution in [0.3, 0.4) is 0 Å². The van der Waals surface area contributed by atoms with Crippen LogP contribution in [0.2, 0.25) is 0 Å². The number of ketones is 1. The summed E-state index contributed by atoms with van der Waals surface area (Å²) in [6.07, 6.45) is 0.0631. The number of hydrogen-bond acceptors (Lipinski definition) is 7. The Morgan fingerprint density at radius 3 is 2.64 bits per heavy atom. The summed E-state index contributed by atoms with van der Waals surface area (Å²) in [5, 5.41) is 29.4. The lowest BCUT2D eigenvalue weighted by Crippen LogP contribution is -2.45. The number of carbonyl (C=O) groups is 1. The molecule has 3 heterocycles. The summed E-state index contributed by atoms with van der Waals surface area (Å²) >= 11 is 0. The second-order valence-electron chi connectivity index (χ2n) is 8.46. The highest BCUT2D eigenvalue weighted by atomic mass is 19.1. The maximum Gasteiger partial charge on any atom is 0.185 e. The van der Waals surface area contributed by atoms with Gasteiger partial charge in [-0.3, -0.25) is 9.78 Å². The van der Waals surface area contributed by atoms with Gasteiger partial charge in [-0.2, -0.15) is 5.26 Å². The number of nitriles is 1. The SMILES string of the molecule is CC[C@H]1O[C@@H](c2ccncc2CC(=O)c2ccc(F)c(-c3c(F)ccc(C#N)c3F)n2)C[C@@H](O)[C@@H]1O. The van der Waals surface area contributed by atoms with E-state index in [1.807, 2.05) is 6.92 Å². The van der Waals surface area contributed by atoms with Crippen molar-refractivity contribution in [2.45, 2.75) is 50.6 Å². The maximum atomic E-state index is 14.6. The van der Waals surface area contributed by atoms with Crippen molar-refractivity contribution >= 4 is 5.78 Å². The van der Waals surface area contributed by atoms with Gasteiger partial charge in [0, 0.05) is 25.2 Å². The number of halogens is 3. The molecule has 4 atom stereocenters. The average molecular weight is 497 g/mol. The summed E-state index contributed by atoms with van der Waals surface area (Å²) in [5.74, 6) is -4.04. The van der Waals surface area contributed by atoms with Crippen LogP contribution >= 0.6 is 0 Å². The van der Waals surface area contributed by atoms with Gasteiger partial charge in [0.1, 0.15) is 35.2 Å². The van der Waals surface area contributed by atoms with Crippen molar-refractivity contribution in [1.82, 2.24) is 9.97 Å².